The van der Waals surface area contributed by atoms with Crippen molar-refractivity contribution in [3.05, 3.63) is 29.8 Å². The van der Waals surface area contributed by atoms with Crippen molar-refractivity contribution >= 4 is 14.2 Å². The van der Waals surface area contributed by atoms with Crippen LogP contribution in [-0.4, -0.2) is 27.8 Å². The van der Waals surface area contributed by atoms with Gasteiger partial charge in [-0.25, -0.2) is 0 Å². The summed E-state index contributed by atoms with van der Waals surface area (Å²) in [5.41, 5.74) is 4.44. The first-order chi connectivity index (χ1) is 10.2. The lowest BCUT2D eigenvalue weighted by molar-refractivity contribution is 0.233. The number of nitrogens with zero attached hydrogens (tertiary/aromatic N) is 1. The Morgan fingerprint density at radius 1 is 1.18 bits per heavy atom. The van der Waals surface area contributed by atoms with Crippen LogP contribution in [0.5, 0.6) is 5.75 Å². The predicted molar refractivity (Wildman–Crippen MR) is 94.1 cm³/mol. The molecule has 1 heterocycles. The van der Waals surface area contributed by atoms with Gasteiger partial charge in [0.25, 0.3) is 0 Å². The van der Waals surface area contributed by atoms with E-state index in [0.29, 0.717) is 5.92 Å². The third-order valence-electron chi connectivity index (χ3n) is 4.76. The molecule has 0 saturated heterocycles. The van der Waals surface area contributed by atoms with Gasteiger partial charge in [-0.1, -0.05) is 32.9 Å². The van der Waals surface area contributed by atoms with Crippen LogP contribution in [0.3, 0.4) is 0 Å². The monoisotopic (exact) mass is 320 g/mol. The maximum atomic E-state index is 6.04. The molecule has 1 atom stereocenters. The highest BCUT2D eigenvalue weighted by molar-refractivity contribution is 6.74. The number of hydrogen-bond acceptors (Lipinski definition) is 4. The van der Waals surface area contributed by atoms with Gasteiger partial charge in [-0.05, 0) is 35.8 Å². The van der Waals surface area contributed by atoms with Gasteiger partial charge in [-0.3, -0.25) is 10.5 Å². The summed E-state index contributed by atoms with van der Waals surface area (Å²) in [5, 5.41) is 0.189. The molecule has 0 spiro atoms. The number of nitrogens with one attached hydrogen (secondary N) is 1. The number of benzene rings is 1. The Hall–Kier alpha value is -1.33. The molecule has 0 fully saturated rings. The van der Waals surface area contributed by atoms with E-state index < -0.39 is 8.32 Å². The zero-order valence-electron chi connectivity index (χ0n) is 14.6. The summed E-state index contributed by atoms with van der Waals surface area (Å²) < 4.78 is 11.2. The van der Waals surface area contributed by atoms with E-state index in [1.807, 2.05) is 12.1 Å². The standard InChI is InChI=1S/C17H28N2O2Si/c1-17(2,3)22(5,6)21-19-16-11-14(12-18-16)13-7-9-15(20-4)10-8-13/h7-10,14H,11-12H2,1-6H3,(H,18,19)/t14-/m0/s1. The summed E-state index contributed by atoms with van der Waals surface area (Å²) in [6.45, 7) is 12.0. The maximum Gasteiger partial charge on any atom is 0.228 e. The highest BCUT2D eigenvalue weighted by Gasteiger charge is 2.38. The summed E-state index contributed by atoms with van der Waals surface area (Å²) >= 11 is 0. The fraction of sp³-hybridized carbons (Fsp3) is 0.588. The van der Waals surface area contributed by atoms with Crippen molar-refractivity contribution in [3.63, 3.8) is 0 Å². The Kier molecular flexibility index (Phi) is 4.97. The minimum atomic E-state index is -1.79. The average Bonchev–Trinajstić information content (AvgIpc) is 2.93. The van der Waals surface area contributed by atoms with E-state index in [9.17, 15) is 0 Å². The van der Waals surface area contributed by atoms with Crippen LogP contribution < -0.4 is 10.2 Å². The van der Waals surface area contributed by atoms with Crippen molar-refractivity contribution in [1.29, 1.82) is 0 Å². The highest BCUT2D eigenvalue weighted by atomic mass is 28.4. The van der Waals surface area contributed by atoms with Crippen LogP contribution in [0, 0.1) is 0 Å². The first kappa shape index (κ1) is 17.0. The first-order valence-corrected chi connectivity index (χ1v) is 10.7. The second kappa shape index (κ2) is 6.42. The molecule has 1 N–H and O–H groups in total. The molecule has 2 rings (SSSR count). The summed E-state index contributed by atoms with van der Waals surface area (Å²) in [6, 6.07) is 8.26. The molecule has 0 radical (unpaired) electrons. The number of methoxy groups -OCH3 is 1. The first-order valence-electron chi connectivity index (χ1n) is 7.84. The van der Waals surface area contributed by atoms with Crippen LogP contribution in [0.1, 0.15) is 38.7 Å². The SMILES string of the molecule is COc1ccc([C@@H]2CN=C(NO[Si](C)(C)C(C)(C)C)C2)cc1. The van der Waals surface area contributed by atoms with Gasteiger partial charge >= 0.3 is 0 Å². The lowest BCUT2D eigenvalue weighted by atomic mass is 9.97. The Bertz CT molecular complexity index is 533. The topological polar surface area (TPSA) is 42.8 Å². The number of ether oxygens (including phenoxy) is 1. The molecule has 22 heavy (non-hydrogen) atoms. The number of amidine groups is 1. The van der Waals surface area contributed by atoms with Crippen molar-refractivity contribution in [1.82, 2.24) is 5.48 Å². The van der Waals surface area contributed by atoms with Gasteiger partial charge in [-0.15, -0.1) is 0 Å². The molecule has 122 valence electrons. The highest BCUT2D eigenvalue weighted by Crippen LogP contribution is 2.36. The zero-order valence-corrected chi connectivity index (χ0v) is 15.6. The second-order valence-electron chi connectivity index (χ2n) is 7.43. The molecule has 4 nitrogen and oxygen atoms in total. The van der Waals surface area contributed by atoms with Crippen LogP contribution in [0.15, 0.2) is 29.3 Å². The van der Waals surface area contributed by atoms with Crippen molar-refractivity contribution in [2.75, 3.05) is 13.7 Å². The van der Waals surface area contributed by atoms with Crippen LogP contribution >= 0.6 is 0 Å². The van der Waals surface area contributed by atoms with Gasteiger partial charge in [0, 0.05) is 18.9 Å². The molecule has 1 aliphatic rings. The van der Waals surface area contributed by atoms with Crippen LogP contribution in [0.4, 0.5) is 0 Å². The third-order valence-corrected chi connectivity index (χ3v) is 8.98. The lowest BCUT2D eigenvalue weighted by Gasteiger charge is -2.35. The Morgan fingerprint density at radius 3 is 2.36 bits per heavy atom. The Morgan fingerprint density at radius 2 is 1.82 bits per heavy atom. The molecule has 1 aliphatic heterocycles. The Balaban J connectivity index is 1.89. The fourth-order valence-electron chi connectivity index (χ4n) is 2.10. The molecule has 1 aromatic carbocycles. The summed E-state index contributed by atoms with van der Waals surface area (Å²) in [5.74, 6) is 2.28. The number of hydroxylamine groups is 1. The van der Waals surface area contributed by atoms with Gasteiger partial charge in [0.15, 0.2) is 0 Å². The molecule has 1 aromatic rings. The summed E-state index contributed by atoms with van der Waals surface area (Å²) in [7, 11) is -0.106. The van der Waals surface area contributed by atoms with Gasteiger partial charge in [0.05, 0.1) is 7.11 Å². The van der Waals surface area contributed by atoms with E-state index in [4.69, 9.17) is 9.26 Å². The zero-order chi connectivity index (χ0) is 16.4. The van der Waals surface area contributed by atoms with Gasteiger partial charge in [-0.2, -0.15) is 0 Å². The van der Waals surface area contributed by atoms with Crippen molar-refractivity contribution in [2.45, 2.75) is 51.2 Å². The van der Waals surface area contributed by atoms with Gasteiger partial charge in [0.1, 0.15) is 11.6 Å². The normalized spacial score (nSPS) is 19.0. The van der Waals surface area contributed by atoms with Crippen LogP contribution in [0.2, 0.25) is 18.1 Å². The molecule has 5 heteroatoms. The summed E-state index contributed by atoms with van der Waals surface area (Å²) in [6.07, 6.45) is 0.904. The molecule has 0 unspecified atom stereocenters. The Labute approximate surface area is 135 Å². The number of rotatable bonds is 4. The van der Waals surface area contributed by atoms with Gasteiger partial charge in [0.2, 0.25) is 8.32 Å². The molecule has 0 aromatic heterocycles. The van der Waals surface area contributed by atoms with E-state index in [0.717, 1.165) is 24.6 Å². The molecule has 0 bridgehead atoms. The third kappa shape index (κ3) is 3.90. The van der Waals surface area contributed by atoms with E-state index in [-0.39, 0.29) is 5.04 Å². The smallest absolute Gasteiger partial charge is 0.228 e. The summed E-state index contributed by atoms with van der Waals surface area (Å²) in [4.78, 5) is 4.59. The predicted octanol–water partition coefficient (Wildman–Crippen LogP) is 4.11. The minimum absolute atomic E-state index is 0.189. The number of hydrogen-bond donors (Lipinski definition) is 1. The van der Waals surface area contributed by atoms with Crippen LogP contribution in [0.25, 0.3) is 0 Å². The minimum Gasteiger partial charge on any atom is -0.497 e. The quantitative estimate of drug-likeness (QED) is 0.670. The molecular weight excluding hydrogens is 292 g/mol. The molecule has 0 aliphatic carbocycles. The van der Waals surface area contributed by atoms with E-state index in [2.05, 4.69) is 56.5 Å². The molecular formula is C17H28N2O2Si. The lowest BCUT2D eigenvalue weighted by Crippen LogP contribution is -2.46. The maximum absolute atomic E-state index is 6.04. The van der Waals surface area contributed by atoms with Crippen molar-refractivity contribution in [3.8, 4) is 5.75 Å². The fourth-order valence-corrected chi connectivity index (χ4v) is 2.77. The average molecular weight is 321 g/mol. The van der Waals surface area contributed by atoms with Crippen molar-refractivity contribution in [2.24, 2.45) is 4.99 Å². The van der Waals surface area contributed by atoms with E-state index >= 15 is 0 Å². The van der Waals surface area contributed by atoms with E-state index in [1.54, 1.807) is 7.11 Å². The van der Waals surface area contributed by atoms with Crippen molar-refractivity contribution < 1.29 is 9.26 Å². The molecule has 0 saturated carbocycles. The van der Waals surface area contributed by atoms with Gasteiger partial charge < -0.3 is 9.26 Å². The molecule has 0 amide bonds. The van der Waals surface area contributed by atoms with E-state index in [1.165, 1.54) is 5.56 Å². The van der Waals surface area contributed by atoms with Crippen LogP contribution in [-0.2, 0) is 4.53 Å². The largest absolute Gasteiger partial charge is 0.497 e. The number of aliphatic imine (C=N–C) groups is 1. The second-order valence-corrected chi connectivity index (χ2v) is 12.2.